The number of piperidine rings is 1. The Morgan fingerprint density at radius 3 is 2.23 bits per heavy atom. The molecule has 2 aliphatic heterocycles. The molecule has 1 aromatic heterocycles. The predicted molar refractivity (Wildman–Crippen MR) is 155 cm³/mol. The normalized spacial score (nSPS) is 15.3. The third-order valence-corrected chi connectivity index (χ3v) is 10.4. The number of anilines is 2. The number of amides is 3. The van der Waals surface area contributed by atoms with Gasteiger partial charge in [0.25, 0.3) is 21.8 Å². The Kier molecular flexibility index (Phi) is 7.95. The molecule has 3 heterocycles. The third kappa shape index (κ3) is 5.48. The summed E-state index contributed by atoms with van der Waals surface area (Å²) in [7, 11) is -2.33. The standard InChI is InChI=1S/C29H32N4O5S2/c1-20(34)33-18-15-24-25(19-33)39-28(26(24)29(36)32-16-7-4-8-17-32)30-27(35)21-11-13-23(14-12-21)40(37,38)31(2)22-9-5-3-6-10-22/h3,5-6,9-14H,4,7-8,15-19H2,1-2H3,(H,30,35). The molecule has 0 radical (unpaired) electrons. The summed E-state index contributed by atoms with van der Waals surface area (Å²) >= 11 is 1.33. The van der Waals surface area contributed by atoms with Crippen molar-refractivity contribution in [3.8, 4) is 0 Å². The number of carbonyl (C=O) groups is 3. The minimum Gasteiger partial charge on any atom is -0.339 e. The Labute approximate surface area is 238 Å². The summed E-state index contributed by atoms with van der Waals surface area (Å²) in [6.07, 6.45) is 3.55. The number of rotatable bonds is 6. The van der Waals surface area contributed by atoms with Crippen molar-refractivity contribution in [2.75, 3.05) is 36.3 Å². The van der Waals surface area contributed by atoms with E-state index in [-0.39, 0.29) is 22.3 Å². The van der Waals surface area contributed by atoms with Crippen molar-refractivity contribution in [2.45, 2.75) is 44.0 Å². The van der Waals surface area contributed by atoms with Gasteiger partial charge in [0.15, 0.2) is 0 Å². The molecule has 0 saturated carbocycles. The number of carbonyl (C=O) groups excluding carboxylic acids is 3. The van der Waals surface area contributed by atoms with E-state index in [0.717, 1.165) is 29.7 Å². The average Bonchev–Trinajstić information content (AvgIpc) is 3.34. The highest BCUT2D eigenvalue weighted by molar-refractivity contribution is 7.92. The largest absolute Gasteiger partial charge is 0.339 e. The van der Waals surface area contributed by atoms with Gasteiger partial charge >= 0.3 is 0 Å². The highest BCUT2D eigenvalue weighted by atomic mass is 32.2. The first-order valence-electron chi connectivity index (χ1n) is 13.3. The number of hydrogen-bond acceptors (Lipinski definition) is 6. The molecule has 40 heavy (non-hydrogen) atoms. The van der Waals surface area contributed by atoms with Gasteiger partial charge in [-0.2, -0.15) is 0 Å². The molecule has 1 fully saturated rings. The Morgan fingerprint density at radius 2 is 1.57 bits per heavy atom. The summed E-state index contributed by atoms with van der Waals surface area (Å²) in [5.74, 6) is -0.550. The topological polar surface area (TPSA) is 107 Å². The molecule has 0 bridgehead atoms. The monoisotopic (exact) mass is 580 g/mol. The molecule has 0 unspecified atom stereocenters. The molecular weight excluding hydrogens is 548 g/mol. The predicted octanol–water partition coefficient (Wildman–Crippen LogP) is 4.36. The fourth-order valence-electron chi connectivity index (χ4n) is 5.13. The Bertz CT molecular complexity index is 1530. The highest BCUT2D eigenvalue weighted by Gasteiger charge is 2.32. The van der Waals surface area contributed by atoms with E-state index in [9.17, 15) is 22.8 Å². The second-order valence-corrected chi connectivity index (χ2v) is 13.1. The van der Waals surface area contributed by atoms with Crippen LogP contribution in [0.2, 0.25) is 0 Å². The van der Waals surface area contributed by atoms with E-state index in [4.69, 9.17) is 0 Å². The highest BCUT2D eigenvalue weighted by Crippen LogP contribution is 2.38. The Hall–Kier alpha value is -3.70. The number of hydrogen-bond donors (Lipinski definition) is 1. The van der Waals surface area contributed by atoms with Crippen molar-refractivity contribution in [3.63, 3.8) is 0 Å². The van der Waals surface area contributed by atoms with Crippen LogP contribution in [0.15, 0.2) is 59.5 Å². The van der Waals surface area contributed by atoms with E-state index >= 15 is 0 Å². The van der Waals surface area contributed by atoms with E-state index in [1.165, 1.54) is 53.9 Å². The molecule has 2 aromatic carbocycles. The number of benzene rings is 2. The fourth-order valence-corrected chi connectivity index (χ4v) is 7.58. The second-order valence-electron chi connectivity index (χ2n) is 10.0. The SMILES string of the molecule is CC(=O)N1CCc2c(sc(NC(=O)c3ccc(S(=O)(=O)N(C)c4ccccc4)cc3)c2C(=O)N2CCCCC2)C1. The lowest BCUT2D eigenvalue weighted by molar-refractivity contribution is -0.129. The van der Waals surface area contributed by atoms with Crippen molar-refractivity contribution >= 4 is 49.8 Å². The summed E-state index contributed by atoms with van der Waals surface area (Å²) in [6, 6.07) is 14.5. The van der Waals surface area contributed by atoms with E-state index in [0.29, 0.717) is 48.9 Å². The van der Waals surface area contributed by atoms with Crippen molar-refractivity contribution in [1.82, 2.24) is 9.80 Å². The molecule has 210 valence electrons. The zero-order chi connectivity index (χ0) is 28.4. The van der Waals surface area contributed by atoms with E-state index < -0.39 is 15.9 Å². The minimum atomic E-state index is -3.82. The maximum absolute atomic E-state index is 13.7. The molecule has 3 amide bonds. The third-order valence-electron chi connectivity index (χ3n) is 7.48. The molecule has 2 aliphatic rings. The summed E-state index contributed by atoms with van der Waals surface area (Å²) < 4.78 is 27.4. The zero-order valence-corrected chi connectivity index (χ0v) is 24.2. The lowest BCUT2D eigenvalue weighted by atomic mass is 10.0. The van der Waals surface area contributed by atoms with Crippen molar-refractivity contribution in [1.29, 1.82) is 0 Å². The number of nitrogens with zero attached hydrogens (tertiary/aromatic N) is 3. The molecule has 0 aliphatic carbocycles. The first kappa shape index (κ1) is 27.9. The number of fused-ring (bicyclic) bond motifs is 1. The van der Waals surface area contributed by atoms with Crippen LogP contribution in [0.25, 0.3) is 0 Å². The van der Waals surface area contributed by atoms with Gasteiger partial charge in [0.1, 0.15) is 5.00 Å². The van der Waals surface area contributed by atoms with Crippen LogP contribution in [0.4, 0.5) is 10.7 Å². The minimum absolute atomic E-state index is 0.0264. The van der Waals surface area contributed by atoms with Crippen molar-refractivity contribution in [2.24, 2.45) is 0 Å². The molecule has 11 heteroatoms. The molecule has 5 rings (SSSR count). The number of likely N-dealkylation sites (tertiary alicyclic amines) is 1. The Morgan fingerprint density at radius 1 is 0.900 bits per heavy atom. The molecular formula is C29H32N4O5S2. The molecule has 1 N–H and O–H groups in total. The van der Waals surface area contributed by atoms with Crippen LogP contribution in [0.3, 0.4) is 0 Å². The van der Waals surface area contributed by atoms with Crippen LogP contribution >= 0.6 is 11.3 Å². The number of sulfonamides is 1. The summed E-state index contributed by atoms with van der Waals surface area (Å²) in [6.45, 7) is 3.84. The van der Waals surface area contributed by atoms with Crippen molar-refractivity contribution in [3.05, 3.63) is 76.2 Å². The molecule has 1 saturated heterocycles. The van der Waals surface area contributed by atoms with E-state index in [1.54, 1.807) is 29.2 Å². The molecule has 0 spiro atoms. The zero-order valence-electron chi connectivity index (χ0n) is 22.6. The average molecular weight is 581 g/mol. The van der Waals surface area contributed by atoms with Gasteiger partial charge in [-0.05, 0) is 67.6 Å². The first-order valence-corrected chi connectivity index (χ1v) is 15.6. The van der Waals surface area contributed by atoms with Gasteiger partial charge in [-0.3, -0.25) is 18.7 Å². The molecule has 3 aromatic rings. The van der Waals surface area contributed by atoms with Gasteiger partial charge in [-0.25, -0.2) is 8.42 Å². The van der Waals surface area contributed by atoms with Gasteiger partial charge in [-0.1, -0.05) is 18.2 Å². The number of nitrogens with one attached hydrogen (secondary N) is 1. The summed E-state index contributed by atoms with van der Waals surface area (Å²) in [5, 5.41) is 3.39. The van der Waals surface area contributed by atoms with Gasteiger partial charge in [0.05, 0.1) is 22.7 Å². The lowest BCUT2D eigenvalue weighted by Crippen LogP contribution is -2.38. The Balaban J connectivity index is 1.40. The number of para-hydroxylation sites is 1. The summed E-state index contributed by atoms with van der Waals surface area (Å²) in [4.78, 5) is 43.5. The quantitative estimate of drug-likeness (QED) is 0.467. The van der Waals surface area contributed by atoms with Crippen molar-refractivity contribution < 1.29 is 22.8 Å². The van der Waals surface area contributed by atoms with Crippen LogP contribution in [0.1, 0.15) is 57.3 Å². The van der Waals surface area contributed by atoms with Crippen LogP contribution in [0.5, 0.6) is 0 Å². The van der Waals surface area contributed by atoms with Gasteiger partial charge in [0.2, 0.25) is 5.91 Å². The van der Waals surface area contributed by atoms with E-state index in [2.05, 4.69) is 5.32 Å². The first-order chi connectivity index (χ1) is 19.2. The van der Waals surface area contributed by atoms with Gasteiger partial charge in [-0.15, -0.1) is 11.3 Å². The van der Waals surface area contributed by atoms with Crippen LogP contribution < -0.4 is 9.62 Å². The molecule has 0 atom stereocenters. The second kappa shape index (κ2) is 11.4. The fraction of sp³-hybridized carbons (Fsp3) is 0.345. The maximum Gasteiger partial charge on any atom is 0.264 e. The molecule has 9 nitrogen and oxygen atoms in total. The van der Waals surface area contributed by atoms with Gasteiger partial charge in [0, 0.05) is 44.0 Å². The number of thiophene rings is 1. The van der Waals surface area contributed by atoms with Crippen LogP contribution in [-0.4, -0.2) is 62.6 Å². The lowest BCUT2D eigenvalue weighted by Gasteiger charge is -2.29. The van der Waals surface area contributed by atoms with Crippen LogP contribution in [-0.2, 0) is 27.8 Å². The van der Waals surface area contributed by atoms with E-state index in [1.807, 2.05) is 11.0 Å². The summed E-state index contributed by atoms with van der Waals surface area (Å²) in [5.41, 5.74) is 2.22. The van der Waals surface area contributed by atoms with Crippen LogP contribution in [0, 0.1) is 0 Å². The smallest absolute Gasteiger partial charge is 0.264 e. The van der Waals surface area contributed by atoms with Gasteiger partial charge < -0.3 is 15.1 Å². The maximum atomic E-state index is 13.7.